The monoisotopic (exact) mass is 487 g/mol. The zero-order valence-electron chi connectivity index (χ0n) is 20.4. The molecule has 180 valence electrons. The molecule has 0 spiro atoms. The number of hydrogen-bond acceptors (Lipinski definition) is 5. The summed E-state index contributed by atoms with van der Waals surface area (Å²) in [4.78, 5) is 13.9. The van der Waals surface area contributed by atoms with Crippen LogP contribution in [0.3, 0.4) is 0 Å². The number of carbonyl (C=O) groups excluding carboxylic acids is 1. The molecule has 0 fully saturated rings. The van der Waals surface area contributed by atoms with Crippen molar-refractivity contribution in [3.63, 3.8) is 0 Å². The fourth-order valence-electron chi connectivity index (χ4n) is 3.91. The topological polar surface area (TPSA) is 60.7 Å². The molecule has 0 bridgehead atoms. The summed E-state index contributed by atoms with van der Waals surface area (Å²) in [6.07, 6.45) is 5.37. The molecule has 0 aliphatic rings. The number of anilines is 1. The van der Waals surface area contributed by atoms with E-state index in [0.717, 1.165) is 49.6 Å². The van der Waals surface area contributed by atoms with Crippen LogP contribution < -0.4 is 14.8 Å². The third kappa shape index (κ3) is 5.72. The second kappa shape index (κ2) is 11.2. The minimum absolute atomic E-state index is 0.192. The molecule has 3 aromatic carbocycles. The number of furan rings is 1. The van der Waals surface area contributed by atoms with Gasteiger partial charge in [-0.15, -0.1) is 11.8 Å². The Morgan fingerprint density at radius 2 is 1.80 bits per heavy atom. The molecule has 0 radical (unpaired) electrons. The number of ether oxygens (including phenoxy) is 2. The Morgan fingerprint density at radius 3 is 2.51 bits per heavy atom. The highest BCUT2D eigenvalue weighted by atomic mass is 32.2. The summed E-state index contributed by atoms with van der Waals surface area (Å²) >= 11 is 1.63. The van der Waals surface area contributed by atoms with E-state index in [2.05, 4.69) is 5.32 Å². The third-order valence-electron chi connectivity index (χ3n) is 5.56. The first-order valence-electron chi connectivity index (χ1n) is 11.6. The lowest BCUT2D eigenvalue weighted by molar-refractivity contribution is -0.111. The number of fused-ring (bicyclic) bond motifs is 1. The molecule has 0 aliphatic carbocycles. The van der Waals surface area contributed by atoms with Gasteiger partial charge >= 0.3 is 0 Å². The fourth-order valence-corrected chi connectivity index (χ4v) is 4.37. The molecule has 4 aromatic rings. The minimum Gasteiger partial charge on any atom is -0.494 e. The highest BCUT2D eigenvalue weighted by Gasteiger charge is 2.15. The molecule has 0 saturated heterocycles. The molecule has 1 amide bonds. The van der Waals surface area contributed by atoms with Gasteiger partial charge in [0.1, 0.15) is 17.1 Å². The van der Waals surface area contributed by atoms with Crippen molar-refractivity contribution in [2.24, 2.45) is 0 Å². The number of hydrogen-bond donors (Lipinski definition) is 1. The summed E-state index contributed by atoms with van der Waals surface area (Å²) in [5.41, 5.74) is 5.13. The quantitative estimate of drug-likeness (QED) is 0.194. The van der Waals surface area contributed by atoms with Crippen molar-refractivity contribution in [2.45, 2.75) is 25.7 Å². The van der Waals surface area contributed by atoms with Gasteiger partial charge in [0.15, 0.2) is 0 Å². The van der Waals surface area contributed by atoms with E-state index in [0.29, 0.717) is 19.0 Å². The molecule has 0 saturated carbocycles. The Kier molecular flexibility index (Phi) is 7.83. The number of carbonyl (C=O) groups is 1. The highest BCUT2D eigenvalue weighted by Crippen LogP contribution is 2.38. The van der Waals surface area contributed by atoms with Crippen molar-refractivity contribution in [3.05, 3.63) is 78.6 Å². The lowest BCUT2D eigenvalue weighted by Crippen LogP contribution is -2.08. The van der Waals surface area contributed by atoms with Crippen molar-refractivity contribution in [3.8, 4) is 22.6 Å². The summed E-state index contributed by atoms with van der Waals surface area (Å²) in [6.45, 7) is 6.95. The number of thioether (sulfide) groups is 1. The van der Waals surface area contributed by atoms with E-state index in [1.807, 2.05) is 87.7 Å². The lowest BCUT2D eigenvalue weighted by Gasteiger charge is -2.12. The lowest BCUT2D eigenvalue weighted by atomic mass is 9.99. The van der Waals surface area contributed by atoms with Gasteiger partial charge < -0.3 is 19.2 Å². The molecule has 5 nitrogen and oxygen atoms in total. The van der Waals surface area contributed by atoms with Crippen LogP contribution in [-0.2, 0) is 4.79 Å². The zero-order chi connectivity index (χ0) is 24.8. The maximum atomic E-state index is 12.8. The zero-order valence-corrected chi connectivity index (χ0v) is 21.2. The van der Waals surface area contributed by atoms with Crippen LogP contribution in [0.1, 0.15) is 26.3 Å². The summed E-state index contributed by atoms with van der Waals surface area (Å²) in [5.74, 6) is 1.32. The molecule has 1 N–H and O–H groups in total. The Bertz CT molecular complexity index is 1360. The van der Waals surface area contributed by atoms with E-state index < -0.39 is 0 Å². The van der Waals surface area contributed by atoms with E-state index >= 15 is 0 Å². The predicted octanol–water partition coefficient (Wildman–Crippen LogP) is 7.66. The number of benzene rings is 3. The van der Waals surface area contributed by atoms with Gasteiger partial charge in [-0.2, -0.15) is 0 Å². The normalized spacial score (nSPS) is 11.5. The third-order valence-corrected chi connectivity index (χ3v) is 6.29. The van der Waals surface area contributed by atoms with Crippen LogP contribution in [0.5, 0.6) is 11.5 Å². The van der Waals surface area contributed by atoms with Crippen molar-refractivity contribution < 1.29 is 18.7 Å². The second-order valence-electron chi connectivity index (χ2n) is 7.93. The van der Waals surface area contributed by atoms with E-state index in [9.17, 15) is 4.79 Å². The van der Waals surface area contributed by atoms with Crippen LogP contribution in [0.25, 0.3) is 27.7 Å². The number of allylic oxidation sites excluding steroid dienone is 1. The van der Waals surface area contributed by atoms with E-state index in [4.69, 9.17) is 13.9 Å². The van der Waals surface area contributed by atoms with Crippen LogP contribution in [0.4, 0.5) is 5.69 Å². The predicted molar refractivity (Wildman–Crippen MR) is 144 cm³/mol. The minimum atomic E-state index is -0.192. The molecule has 0 atom stereocenters. The van der Waals surface area contributed by atoms with Gasteiger partial charge in [-0.1, -0.05) is 18.2 Å². The molecule has 1 aromatic heterocycles. The van der Waals surface area contributed by atoms with Gasteiger partial charge in [0, 0.05) is 39.2 Å². The van der Waals surface area contributed by atoms with Gasteiger partial charge in [-0.05, 0) is 74.6 Å². The molecule has 4 rings (SSSR count). The largest absolute Gasteiger partial charge is 0.494 e. The fraction of sp³-hybridized carbons (Fsp3) is 0.207. The van der Waals surface area contributed by atoms with Crippen molar-refractivity contribution in [2.75, 3.05) is 24.8 Å². The highest BCUT2D eigenvalue weighted by molar-refractivity contribution is 7.98. The van der Waals surface area contributed by atoms with E-state index in [1.54, 1.807) is 24.1 Å². The van der Waals surface area contributed by atoms with Crippen molar-refractivity contribution in [1.82, 2.24) is 0 Å². The summed E-state index contributed by atoms with van der Waals surface area (Å²) in [5, 5.41) is 3.91. The molecule has 0 aliphatic heterocycles. The SMILES string of the molecule is CCOc1ccc(-c2coc3cc(OCC)c(/C(C)=C/C(=O)Nc4cccc(SC)c4)cc23)cc1. The van der Waals surface area contributed by atoms with Crippen LogP contribution >= 0.6 is 11.8 Å². The summed E-state index contributed by atoms with van der Waals surface area (Å²) < 4.78 is 17.3. The van der Waals surface area contributed by atoms with Crippen molar-refractivity contribution >= 4 is 39.9 Å². The van der Waals surface area contributed by atoms with E-state index in [-0.39, 0.29) is 5.91 Å². The Morgan fingerprint density at radius 1 is 1.03 bits per heavy atom. The molecule has 1 heterocycles. The Balaban J connectivity index is 1.68. The first-order chi connectivity index (χ1) is 17.0. The van der Waals surface area contributed by atoms with Gasteiger partial charge in [0.2, 0.25) is 5.91 Å². The van der Waals surface area contributed by atoms with Crippen LogP contribution in [0, 0.1) is 0 Å². The number of amides is 1. The maximum Gasteiger partial charge on any atom is 0.248 e. The van der Waals surface area contributed by atoms with Gasteiger partial charge in [-0.3, -0.25) is 4.79 Å². The molecule has 6 heteroatoms. The summed E-state index contributed by atoms with van der Waals surface area (Å²) in [6, 6.07) is 19.6. The average Bonchev–Trinajstić information content (AvgIpc) is 3.27. The average molecular weight is 488 g/mol. The van der Waals surface area contributed by atoms with E-state index in [1.165, 1.54) is 0 Å². The van der Waals surface area contributed by atoms with Gasteiger partial charge in [0.25, 0.3) is 0 Å². The standard InChI is InChI=1S/C29H29NO4S/c1-5-32-22-12-10-20(11-13-22)26-18-34-28-17-27(33-6-2)24(16-25(26)28)19(3)14-29(31)30-21-8-7-9-23(15-21)35-4/h7-18H,5-6H2,1-4H3,(H,30,31)/b19-14+. The molecule has 35 heavy (non-hydrogen) atoms. The molecule has 0 unspecified atom stereocenters. The number of rotatable bonds is 9. The molecular weight excluding hydrogens is 458 g/mol. The first kappa shape index (κ1) is 24.5. The van der Waals surface area contributed by atoms with Gasteiger partial charge in [0.05, 0.1) is 19.5 Å². The van der Waals surface area contributed by atoms with Crippen molar-refractivity contribution in [1.29, 1.82) is 0 Å². The Hall–Kier alpha value is -3.64. The maximum absolute atomic E-state index is 12.8. The Labute approximate surface area is 210 Å². The van der Waals surface area contributed by atoms with Gasteiger partial charge in [-0.25, -0.2) is 0 Å². The number of nitrogens with one attached hydrogen (secondary N) is 1. The first-order valence-corrected chi connectivity index (χ1v) is 12.8. The van der Waals surface area contributed by atoms with Crippen LogP contribution in [-0.4, -0.2) is 25.4 Å². The molecular formula is C29H29NO4S. The van der Waals surface area contributed by atoms with Crippen LogP contribution in [0.15, 0.2) is 82.3 Å². The summed E-state index contributed by atoms with van der Waals surface area (Å²) in [7, 11) is 0. The second-order valence-corrected chi connectivity index (χ2v) is 8.81. The smallest absolute Gasteiger partial charge is 0.248 e. The van der Waals surface area contributed by atoms with Crippen LogP contribution in [0.2, 0.25) is 0 Å².